The third-order valence-corrected chi connectivity index (χ3v) is 8.67. The minimum absolute atomic E-state index is 0.000675. The number of amides is 1. The van der Waals surface area contributed by atoms with Gasteiger partial charge in [-0.2, -0.15) is 18.4 Å². The maximum absolute atomic E-state index is 14.3. The number of halogens is 3. The zero-order chi connectivity index (χ0) is 28.9. The van der Waals surface area contributed by atoms with Crippen LogP contribution in [0.15, 0.2) is 42.7 Å². The first-order valence-corrected chi connectivity index (χ1v) is 13.8. The summed E-state index contributed by atoms with van der Waals surface area (Å²) in [6, 6.07) is 12.6. The largest absolute Gasteiger partial charge is 0.416 e. The predicted molar refractivity (Wildman–Crippen MR) is 144 cm³/mol. The molecule has 3 heterocycles. The number of nitriles is 1. The van der Waals surface area contributed by atoms with E-state index in [0.29, 0.717) is 56.8 Å². The number of benzene rings is 2. The molecule has 2 fully saturated rings. The van der Waals surface area contributed by atoms with Crippen molar-refractivity contribution in [3.05, 3.63) is 76.4 Å². The van der Waals surface area contributed by atoms with E-state index in [0.717, 1.165) is 11.4 Å². The molecule has 1 aliphatic carbocycles. The molecule has 2 aliphatic heterocycles. The van der Waals surface area contributed by atoms with Crippen LogP contribution in [0.2, 0.25) is 0 Å². The second-order valence-corrected chi connectivity index (χ2v) is 11.6. The molecule has 2 aromatic carbocycles. The van der Waals surface area contributed by atoms with Crippen molar-refractivity contribution in [1.29, 1.82) is 5.26 Å². The van der Waals surface area contributed by atoms with Gasteiger partial charge in [-0.25, -0.2) is 0 Å². The Hall–Kier alpha value is -3.75. The van der Waals surface area contributed by atoms with E-state index >= 15 is 0 Å². The fourth-order valence-electron chi connectivity index (χ4n) is 6.54. The molecule has 41 heavy (non-hydrogen) atoms. The Morgan fingerprint density at radius 3 is 2.71 bits per heavy atom. The molecule has 11 heteroatoms. The molecule has 1 unspecified atom stereocenters. The van der Waals surface area contributed by atoms with E-state index in [4.69, 9.17) is 4.74 Å². The summed E-state index contributed by atoms with van der Waals surface area (Å²) >= 11 is 0. The smallest absolute Gasteiger partial charge is 0.376 e. The first-order valence-electron chi connectivity index (χ1n) is 13.8. The van der Waals surface area contributed by atoms with Crippen molar-refractivity contribution in [1.82, 2.24) is 19.7 Å². The van der Waals surface area contributed by atoms with Crippen LogP contribution in [0.25, 0.3) is 0 Å². The lowest BCUT2D eigenvalue weighted by molar-refractivity contribution is -0.138. The Balaban J connectivity index is 1.32. The lowest BCUT2D eigenvalue weighted by atomic mass is 9.57. The summed E-state index contributed by atoms with van der Waals surface area (Å²) in [5, 5.41) is 17.7. The van der Waals surface area contributed by atoms with Crippen molar-refractivity contribution in [3.8, 4) is 6.07 Å². The molecule has 0 bridgehead atoms. The molecule has 1 amide bonds. The van der Waals surface area contributed by atoms with Crippen molar-refractivity contribution < 1.29 is 22.7 Å². The van der Waals surface area contributed by atoms with Crippen LogP contribution < -0.4 is 4.90 Å². The fraction of sp³-hybridized carbons (Fsp3) is 0.467. The van der Waals surface area contributed by atoms with Gasteiger partial charge in [0.1, 0.15) is 12.2 Å². The Morgan fingerprint density at radius 2 is 2.02 bits per heavy atom. The van der Waals surface area contributed by atoms with Crippen molar-refractivity contribution in [2.75, 3.05) is 24.6 Å². The third kappa shape index (κ3) is 5.11. The minimum atomic E-state index is -4.59. The molecule has 1 aromatic heterocycles. The quantitative estimate of drug-likeness (QED) is 0.434. The van der Waals surface area contributed by atoms with Crippen LogP contribution in [0.5, 0.6) is 0 Å². The predicted octanol–water partition coefficient (Wildman–Crippen LogP) is 4.63. The molecule has 0 spiro atoms. The van der Waals surface area contributed by atoms with Gasteiger partial charge in [-0.1, -0.05) is 12.1 Å². The number of carbonyl (C=O) groups is 1. The summed E-state index contributed by atoms with van der Waals surface area (Å²) in [5.74, 6) is 0.256. The fourth-order valence-corrected chi connectivity index (χ4v) is 6.54. The Morgan fingerprint density at radius 1 is 1.22 bits per heavy atom. The highest BCUT2D eigenvalue weighted by Crippen LogP contribution is 2.50. The normalized spacial score (nSPS) is 24.7. The first-order chi connectivity index (χ1) is 19.6. The number of fused-ring (bicyclic) bond motifs is 1. The van der Waals surface area contributed by atoms with E-state index in [-0.39, 0.29) is 35.1 Å². The highest BCUT2D eigenvalue weighted by atomic mass is 19.4. The van der Waals surface area contributed by atoms with Crippen LogP contribution in [0.3, 0.4) is 0 Å². The zero-order valence-electron chi connectivity index (χ0n) is 23.0. The molecule has 214 valence electrons. The number of rotatable bonds is 6. The van der Waals surface area contributed by atoms with Gasteiger partial charge in [0.2, 0.25) is 0 Å². The monoisotopic (exact) mass is 564 g/mol. The van der Waals surface area contributed by atoms with Crippen LogP contribution in [-0.4, -0.2) is 51.4 Å². The van der Waals surface area contributed by atoms with Gasteiger partial charge in [0.25, 0.3) is 5.91 Å². The SMILES string of the molecule is CC1CN(Cc2cc3c(c(C(F)(F)F)c2)CN(c2cccc(C4(Cc5nncn5C)CC(C#N)C4)c2)C3=O)CCO1. The summed E-state index contributed by atoms with van der Waals surface area (Å²) in [7, 11) is 1.87. The number of morpholine rings is 1. The van der Waals surface area contributed by atoms with Gasteiger partial charge in [0.15, 0.2) is 0 Å². The molecule has 1 saturated heterocycles. The van der Waals surface area contributed by atoms with Crippen LogP contribution in [0.1, 0.15) is 58.2 Å². The second kappa shape index (κ2) is 10.3. The van der Waals surface area contributed by atoms with Gasteiger partial charge >= 0.3 is 6.18 Å². The van der Waals surface area contributed by atoms with Crippen LogP contribution in [-0.2, 0) is 42.9 Å². The van der Waals surface area contributed by atoms with Gasteiger partial charge in [0, 0.05) is 55.7 Å². The number of hydrogen-bond acceptors (Lipinski definition) is 6. The minimum Gasteiger partial charge on any atom is -0.376 e. The summed E-state index contributed by atoms with van der Waals surface area (Å²) in [5.41, 5.74) is 0.927. The average molecular weight is 565 g/mol. The van der Waals surface area contributed by atoms with Crippen molar-refractivity contribution >= 4 is 11.6 Å². The molecular weight excluding hydrogens is 533 g/mol. The van der Waals surface area contributed by atoms with E-state index < -0.39 is 17.6 Å². The molecule has 0 radical (unpaired) electrons. The van der Waals surface area contributed by atoms with Crippen LogP contribution in [0, 0.1) is 17.2 Å². The van der Waals surface area contributed by atoms with Gasteiger partial charge in [-0.05, 0) is 60.7 Å². The highest BCUT2D eigenvalue weighted by molar-refractivity contribution is 6.10. The Labute approximate surface area is 236 Å². The lowest BCUT2D eigenvalue weighted by Gasteiger charge is -2.45. The lowest BCUT2D eigenvalue weighted by Crippen LogP contribution is -2.43. The van der Waals surface area contributed by atoms with E-state index in [1.165, 1.54) is 11.0 Å². The third-order valence-electron chi connectivity index (χ3n) is 8.67. The standard InChI is InChI=1S/C30H31F3N6O2/c1-19-15-38(6-7-41-19)16-20-8-24-25(26(9-20)30(31,32)33)17-39(28(24)40)23-5-3-4-22(10-23)29(11-21(12-29)14-34)13-27-36-35-18-37(27)2/h3-5,8-10,18-19,21H,6-7,11-13,15-17H2,1-2H3. The summed E-state index contributed by atoms with van der Waals surface area (Å²) in [4.78, 5) is 17.2. The first kappa shape index (κ1) is 27.4. The number of nitrogens with zero attached hydrogens (tertiary/aromatic N) is 6. The van der Waals surface area contributed by atoms with E-state index in [2.05, 4.69) is 21.2 Å². The number of hydrogen-bond donors (Lipinski definition) is 0. The number of carbonyl (C=O) groups excluding carboxylic acids is 1. The van der Waals surface area contributed by atoms with Gasteiger partial charge in [-0.15, -0.1) is 10.2 Å². The molecule has 0 N–H and O–H groups in total. The number of alkyl halides is 3. The molecule has 1 atom stereocenters. The number of aryl methyl sites for hydroxylation is 1. The molecule has 1 saturated carbocycles. The number of anilines is 1. The van der Waals surface area contributed by atoms with Gasteiger partial charge in [-0.3, -0.25) is 9.69 Å². The molecular formula is C30H31F3N6O2. The van der Waals surface area contributed by atoms with Crippen LogP contribution in [0.4, 0.5) is 18.9 Å². The van der Waals surface area contributed by atoms with Crippen molar-refractivity contribution in [2.24, 2.45) is 13.0 Å². The van der Waals surface area contributed by atoms with E-state index in [1.807, 2.05) is 36.7 Å². The maximum atomic E-state index is 14.3. The zero-order valence-corrected chi connectivity index (χ0v) is 23.0. The molecule has 3 aliphatic rings. The van der Waals surface area contributed by atoms with Gasteiger partial charge in [0.05, 0.1) is 30.9 Å². The summed E-state index contributed by atoms with van der Waals surface area (Å²) in [6.45, 7) is 3.86. The molecule has 8 nitrogen and oxygen atoms in total. The average Bonchev–Trinajstić information content (AvgIpc) is 3.47. The van der Waals surface area contributed by atoms with E-state index in [1.54, 1.807) is 18.5 Å². The number of aromatic nitrogens is 3. The summed E-state index contributed by atoms with van der Waals surface area (Å²) < 4.78 is 50.2. The topological polar surface area (TPSA) is 87.3 Å². The maximum Gasteiger partial charge on any atom is 0.416 e. The van der Waals surface area contributed by atoms with E-state index in [9.17, 15) is 23.2 Å². The molecule has 3 aromatic rings. The Kier molecular flexibility index (Phi) is 6.86. The Bertz CT molecular complexity index is 1520. The summed E-state index contributed by atoms with van der Waals surface area (Å²) in [6.07, 6.45) is -1.12. The molecule has 6 rings (SSSR count). The van der Waals surface area contributed by atoms with Gasteiger partial charge < -0.3 is 14.2 Å². The highest BCUT2D eigenvalue weighted by Gasteiger charge is 2.47. The second-order valence-electron chi connectivity index (χ2n) is 11.6. The van der Waals surface area contributed by atoms with Crippen molar-refractivity contribution in [3.63, 3.8) is 0 Å². The van der Waals surface area contributed by atoms with Crippen molar-refractivity contribution in [2.45, 2.75) is 57.0 Å². The van der Waals surface area contributed by atoms with Crippen LogP contribution >= 0.6 is 0 Å². The number of ether oxygens (including phenoxy) is 1.